The van der Waals surface area contributed by atoms with Crippen molar-refractivity contribution in [1.82, 2.24) is 0 Å². The summed E-state index contributed by atoms with van der Waals surface area (Å²) in [6, 6.07) is 0. The van der Waals surface area contributed by atoms with Crippen molar-refractivity contribution in [3.05, 3.63) is 0 Å². The molecule has 0 unspecified atom stereocenters. The first-order chi connectivity index (χ1) is 3.91. The Kier molecular flexibility index (Phi) is 6.13. The summed E-state index contributed by atoms with van der Waals surface area (Å²) in [7, 11) is 0. The molecule has 0 fully saturated rings. The summed E-state index contributed by atoms with van der Waals surface area (Å²) in [6.45, 7) is 2.81. The van der Waals surface area contributed by atoms with Crippen molar-refractivity contribution in [2.24, 2.45) is 5.73 Å². The first-order valence-electron chi connectivity index (χ1n) is 3.07. The van der Waals surface area contributed by atoms with Gasteiger partial charge in [-0.05, 0) is 6.42 Å². The third-order valence-electron chi connectivity index (χ3n) is 0.769. The summed E-state index contributed by atoms with van der Waals surface area (Å²) in [5.74, 6) is 5.97. The molecule has 0 aromatic heterocycles. The SMILES string of the molecule is CCCC#CCCN. The molecule has 0 radical (unpaired) electrons. The molecule has 46 valence electrons. The Labute approximate surface area is 51.3 Å². The highest BCUT2D eigenvalue weighted by atomic mass is 14.5. The zero-order valence-corrected chi connectivity index (χ0v) is 5.41. The third-order valence-corrected chi connectivity index (χ3v) is 0.769. The van der Waals surface area contributed by atoms with Crippen LogP contribution in [0.1, 0.15) is 26.2 Å². The molecule has 0 aliphatic heterocycles. The average molecular weight is 111 g/mol. The molecule has 0 spiro atoms. The second-order valence-corrected chi connectivity index (χ2v) is 1.64. The fraction of sp³-hybridized carbons (Fsp3) is 0.714. The van der Waals surface area contributed by atoms with Gasteiger partial charge in [-0.15, -0.1) is 11.8 Å². The van der Waals surface area contributed by atoms with E-state index >= 15 is 0 Å². The quantitative estimate of drug-likeness (QED) is 0.531. The van der Waals surface area contributed by atoms with Crippen molar-refractivity contribution >= 4 is 0 Å². The first kappa shape index (κ1) is 7.52. The van der Waals surface area contributed by atoms with Gasteiger partial charge in [0.2, 0.25) is 0 Å². The van der Waals surface area contributed by atoms with E-state index in [-0.39, 0.29) is 0 Å². The number of rotatable bonds is 2. The number of nitrogens with two attached hydrogens (primary N) is 1. The van der Waals surface area contributed by atoms with Gasteiger partial charge in [-0.3, -0.25) is 0 Å². The predicted octanol–water partition coefficient (Wildman–Crippen LogP) is 1.14. The first-order valence-corrected chi connectivity index (χ1v) is 3.07. The molecular weight excluding hydrogens is 98.1 g/mol. The Morgan fingerprint density at radius 3 is 2.38 bits per heavy atom. The molecule has 0 saturated carbocycles. The monoisotopic (exact) mass is 111 g/mol. The second kappa shape index (κ2) is 6.52. The molecule has 0 rings (SSSR count). The predicted molar refractivity (Wildman–Crippen MR) is 36.4 cm³/mol. The molecule has 0 bridgehead atoms. The Balaban J connectivity index is 2.95. The third kappa shape index (κ3) is 5.52. The molecule has 0 amide bonds. The summed E-state index contributed by atoms with van der Waals surface area (Å²) < 4.78 is 0. The van der Waals surface area contributed by atoms with Gasteiger partial charge in [0.1, 0.15) is 0 Å². The molecule has 0 atom stereocenters. The lowest BCUT2D eigenvalue weighted by atomic mass is 10.3. The van der Waals surface area contributed by atoms with Gasteiger partial charge >= 0.3 is 0 Å². The fourth-order valence-electron chi connectivity index (χ4n) is 0.374. The lowest BCUT2D eigenvalue weighted by Crippen LogP contribution is -1.95. The lowest BCUT2D eigenvalue weighted by Gasteiger charge is -1.78. The molecule has 8 heavy (non-hydrogen) atoms. The zero-order valence-electron chi connectivity index (χ0n) is 5.41. The Hall–Kier alpha value is -0.480. The van der Waals surface area contributed by atoms with Crippen LogP contribution in [-0.2, 0) is 0 Å². The van der Waals surface area contributed by atoms with Crippen molar-refractivity contribution in [2.45, 2.75) is 26.2 Å². The number of hydrogen-bond acceptors (Lipinski definition) is 1. The highest BCUT2D eigenvalue weighted by Gasteiger charge is 1.69. The topological polar surface area (TPSA) is 26.0 Å². The van der Waals surface area contributed by atoms with Crippen LogP contribution in [0.2, 0.25) is 0 Å². The molecule has 1 heteroatoms. The molecular formula is C7H13N. The van der Waals surface area contributed by atoms with Crippen LogP contribution in [0.5, 0.6) is 0 Å². The van der Waals surface area contributed by atoms with Crippen molar-refractivity contribution in [2.75, 3.05) is 6.54 Å². The van der Waals surface area contributed by atoms with Crippen LogP contribution in [0.4, 0.5) is 0 Å². The van der Waals surface area contributed by atoms with E-state index in [1.54, 1.807) is 0 Å². The molecule has 0 heterocycles. The molecule has 0 aliphatic carbocycles. The molecule has 0 saturated heterocycles. The van der Waals surface area contributed by atoms with E-state index in [4.69, 9.17) is 5.73 Å². The van der Waals surface area contributed by atoms with Gasteiger partial charge in [-0.25, -0.2) is 0 Å². The minimum absolute atomic E-state index is 0.691. The van der Waals surface area contributed by atoms with Crippen LogP contribution in [-0.4, -0.2) is 6.54 Å². The van der Waals surface area contributed by atoms with Crippen molar-refractivity contribution in [3.8, 4) is 11.8 Å². The fourth-order valence-corrected chi connectivity index (χ4v) is 0.374. The largest absolute Gasteiger partial charge is 0.330 e. The Bertz CT molecular complexity index is 76.3. The van der Waals surface area contributed by atoms with Crippen LogP contribution < -0.4 is 5.73 Å². The second-order valence-electron chi connectivity index (χ2n) is 1.64. The van der Waals surface area contributed by atoms with Gasteiger partial charge in [0.05, 0.1) is 0 Å². The molecule has 0 aromatic carbocycles. The van der Waals surface area contributed by atoms with Gasteiger partial charge in [0.25, 0.3) is 0 Å². The van der Waals surface area contributed by atoms with E-state index in [9.17, 15) is 0 Å². The standard InChI is InChI=1S/C7H13N/c1-2-3-4-5-6-7-8/h2-3,6-8H2,1H3. The molecule has 0 aliphatic rings. The highest BCUT2D eigenvalue weighted by Crippen LogP contribution is 1.81. The van der Waals surface area contributed by atoms with Crippen LogP contribution in [0.25, 0.3) is 0 Å². The normalized spacial score (nSPS) is 7.75. The van der Waals surface area contributed by atoms with Crippen molar-refractivity contribution in [3.63, 3.8) is 0 Å². The summed E-state index contributed by atoms with van der Waals surface area (Å²) in [5.41, 5.74) is 5.21. The zero-order chi connectivity index (χ0) is 6.24. The van der Waals surface area contributed by atoms with E-state index in [1.807, 2.05) is 0 Å². The van der Waals surface area contributed by atoms with E-state index < -0.39 is 0 Å². The average Bonchev–Trinajstić information content (AvgIpc) is 1.81. The summed E-state index contributed by atoms with van der Waals surface area (Å²) in [4.78, 5) is 0. The van der Waals surface area contributed by atoms with Gasteiger partial charge < -0.3 is 5.73 Å². The molecule has 1 nitrogen and oxygen atoms in total. The van der Waals surface area contributed by atoms with Crippen LogP contribution >= 0.6 is 0 Å². The molecule has 0 aromatic rings. The Morgan fingerprint density at radius 1 is 1.25 bits per heavy atom. The van der Waals surface area contributed by atoms with Crippen LogP contribution in [0.15, 0.2) is 0 Å². The van der Waals surface area contributed by atoms with Crippen molar-refractivity contribution < 1.29 is 0 Å². The molecule has 2 N–H and O–H groups in total. The Morgan fingerprint density at radius 2 is 1.88 bits per heavy atom. The van der Waals surface area contributed by atoms with Gasteiger partial charge in [-0.1, -0.05) is 6.92 Å². The minimum atomic E-state index is 0.691. The van der Waals surface area contributed by atoms with E-state index in [1.165, 1.54) is 0 Å². The van der Waals surface area contributed by atoms with E-state index in [0.29, 0.717) is 6.54 Å². The summed E-state index contributed by atoms with van der Waals surface area (Å²) in [6.07, 6.45) is 3.01. The maximum Gasteiger partial charge on any atom is 0.0212 e. The van der Waals surface area contributed by atoms with Crippen LogP contribution in [0, 0.1) is 11.8 Å². The van der Waals surface area contributed by atoms with Crippen molar-refractivity contribution in [1.29, 1.82) is 0 Å². The lowest BCUT2D eigenvalue weighted by molar-refractivity contribution is 0.975. The minimum Gasteiger partial charge on any atom is -0.330 e. The smallest absolute Gasteiger partial charge is 0.0212 e. The van der Waals surface area contributed by atoms with E-state index in [0.717, 1.165) is 19.3 Å². The summed E-state index contributed by atoms with van der Waals surface area (Å²) >= 11 is 0. The summed E-state index contributed by atoms with van der Waals surface area (Å²) in [5, 5.41) is 0. The van der Waals surface area contributed by atoms with E-state index in [2.05, 4.69) is 18.8 Å². The van der Waals surface area contributed by atoms with Gasteiger partial charge in [0, 0.05) is 19.4 Å². The maximum atomic E-state index is 5.21. The number of hydrogen-bond donors (Lipinski definition) is 1. The van der Waals surface area contributed by atoms with Crippen LogP contribution in [0.3, 0.4) is 0 Å². The van der Waals surface area contributed by atoms with Gasteiger partial charge in [-0.2, -0.15) is 0 Å². The maximum absolute atomic E-state index is 5.21. The van der Waals surface area contributed by atoms with Gasteiger partial charge in [0.15, 0.2) is 0 Å². The highest BCUT2D eigenvalue weighted by molar-refractivity contribution is 4.98. The number of unbranched alkanes of at least 4 members (excludes halogenated alkanes) is 1.